The van der Waals surface area contributed by atoms with Gasteiger partial charge in [-0.1, -0.05) is 11.1 Å². The zero-order valence-corrected chi connectivity index (χ0v) is 8.70. The quantitative estimate of drug-likeness (QED) is 0.568. The molecule has 1 heterocycles. The van der Waals surface area contributed by atoms with E-state index in [-0.39, 0.29) is 21.7 Å². The molecule has 1 aromatic carbocycles. The fraction of sp³-hybridized carbons (Fsp3) is 0. The van der Waals surface area contributed by atoms with Crippen molar-refractivity contribution in [3.8, 4) is 11.1 Å². The van der Waals surface area contributed by atoms with Crippen LogP contribution in [0.2, 0.25) is 0 Å². The minimum absolute atomic E-state index is 0. The van der Waals surface area contributed by atoms with Gasteiger partial charge < -0.3 is 4.98 Å². The Morgan fingerprint density at radius 3 is 2.50 bits per heavy atom. The molecule has 0 aliphatic heterocycles. The molecule has 2 aromatic rings. The smallest absolute Gasteiger partial charge is 0.0212 e. The Bertz CT molecular complexity index is 412. The molecule has 70 valence electrons. The first-order valence-electron chi connectivity index (χ1n) is 3.78. The van der Waals surface area contributed by atoms with Crippen molar-refractivity contribution in [2.45, 2.75) is 0 Å². The van der Waals surface area contributed by atoms with Gasteiger partial charge in [-0.25, -0.2) is 8.78 Å². The Morgan fingerprint density at radius 1 is 1.14 bits per heavy atom. The van der Waals surface area contributed by atoms with Crippen molar-refractivity contribution in [2.24, 2.45) is 0 Å². The van der Waals surface area contributed by atoms with Gasteiger partial charge in [-0.05, 0) is 12.3 Å². The van der Waals surface area contributed by atoms with Crippen molar-refractivity contribution < 1.29 is 30.5 Å². The van der Waals surface area contributed by atoms with E-state index in [0.29, 0.717) is 11.1 Å². The second-order valence-electron chi connectivity index (χ2n) is 2.63. The van der Waals surface area contributed by atoms with E-state index in [1.807, 2.05) is 6.07 Å². The minimum atomic E-state index is -0.684. The van der Waals surface area contributed by atoms with E-state index < -0.39 is 11.6 Å². The van der Waals surface area contributed by atoms with E-state index >= 15 is 0 Å². The zero-order valence-electron chi connectivity index (χ0n) is 7.14. The van der Waals surface area contributed by atoms with Gasteiger partial charge >= 0.3 is 0 Å². The Balaban J connectivity index is 0.000000980. The summed E-state index contributed by atoms with van der Waals surface area (Å²) < 4.78 is 25.6. The van der Waals surface area contributed by atoms with Crippen molar-refractivity contribution in [2.75, 3.05) is 0 Å². The molecule has 0 saturated carbocycles. The largest absolute Gasteiger partial charge is 0.368 e. The molecular weight excluding hydrogens is 220 g/mol. The standard InChI is InChI=1S/C10H6F2N.Ti/c11-8-1-2-9(10(12)5-8)7-3-4-13-6-7;/h1-4,6,13H;/q-1;. The molecule has 14 heavy (non-hydrogen) atoms. The van der Waals surface area contributed by atoms with E-state index in [9.17, 15) is 8.78 Å². The molecule has 0 spiro atoms. The zero-order chi connectivity index (χ0) is 9.26. The van der Waals surface area contributed by atoms with Gasteiger partial charge in [-0.3, -0.25) is 0 Å². The normalized spacial score (nSPS) is 9.57. The molecule has 0 atom stereocenters. The van der Waals surface area contributed by atoms with Gasteiger partial charge in [0.2, 0.25) is 0 Å². The van der Waals surface area contributed by atoms with Gasteiger partial charge in [0.05, 0.1) is 0 Å². The molecule has 0 aliphatic carbocycles. The third-order valence-electron chi connectivity index (χ3n) is 1.77. The van der Waals surface area contributed by atoms with Crippen LogP contribution < -0.4 is 0 Å². The first-order valence-corrected chi connectivity index (χ1v) is 3.78. The number of benzene rings is 1. The number of aromatic nitrogens is 1. The number of H-pyrrole nitrogens is 1. The predicted octanol–water partition coefficient (Wildman–Crippen LogP) is 2.76. The maximum atomic E-state index is 13.1. The van der Waals surface area contributed by atoms with Crippen LogP contribution in [-0.4, -0.2) is 4.98 Å². The summed E-state index contributed by atoms with van der Waals surface area (Å²) in [6.45, 7) is 0. The first kappa shape index (κ1) is 11.2. The third kappa shape index (κ3) is 2.11. The average Bonchev–Trinajstić information content (AvgIpc) is 2.56. The van der Waals surface area contributed by atoms with Crippen LogP contribution in [0.25, 0.3) is 11.1 Å². The summed E-state index contributed by atoms with van der Waals surface area (Å²) in [5, 5.41) is 0. The number of nitrogens with one attached hydrogen (secondary N) is 1. The van der Waals surface area contributed by atoms with Crippen LogP contribution >= 0.6 is 0 Å². The Hall–Kier alpha value is -0.926. The molecule has 0 fully saturated rings. The molecule has 0 unspecified atom stereocenters. The molecule has 1 nitrogen and oxygen atoms in total. The van der Waals surface area contributed by atoms with E-state index in [2.05, 4.69) is 4.98 Å². The molecule has 1 aromatic heterocycles. The SMILES string of the molecule is Fc1[c-]c(F)c(-c2cc[nH]c2)cc1.[Ti]. The second kappa shape index (κ2) is 4.53. The molecular formula is C10H6F2NTi-. The Labute approximate surface area is 95.0 Å². The van der Waals surface area contributed by atoms with Gasteiger partial charge in [-0.2, -0.15) is 6.07 Å². The van der Waals surface area contributed by atoms with Crippen molar-refractivity contribution >= 4 is 0 Å². The molecule has 0 aliphatic rings. The van der Waals surface area contributed by atoms with Crippen LogP contribution in [0.5, 0.6) is 0 Å². The van der Waals surface area contributed by atoms with Crippen molar-refractivity contribution in [3.63, 3.8) is 0 Å². The molecule has 4 heteroatoms. The predicted molar refractivity (Wildman–Crippen MR) is 45.0 cm³/mol. The summed E-state index contributed by atoms with van der Waals surface area (Å²) in [4.78, 5) is 2.80. The summed E-state index contributed by atoms with van der Waals surface area (Å²) in [5.74, 6) is -1.35. The molecule has 0 saturated heterocycles. The summed E-state index contributed by atoms with van der Waals surface area (Å²) in [6.07, 6.45) is 3.32. The van der Waals surface area contributed by atoms with Crippen LogP contribution in [0.15, 0.2) is 30.6 Å². The van der Waals surface area contributed by atoms with Gasteiger partial charge in [0.15, 0.2) is 0 Å². The summed E-state index contributed by atoms with van der Waals surface area (Å²) in [6, 6.07) is 6.27. The van der Waals surface area contributed by atoms with E-state index in [0.717, 1.165) is 0 Å². The maximum absolute atomic E-state index is 13.1. The fourth-order valence-corrected chi connectivity index (χ4v) is 1.16. The van der Waals surface area contributed by atoms with Crippen LogP contribution in [-0.2, 0) is 21.7 Å². The van der Waals surface area contributed by atoms with Gasteiger partial charge in [0, 0.05) is 39.5 Å². The Kier molecular flexibility index (Phi) is 3.61. The summed E-state index contributed by atoms with van der Waals surface area (Å²) >= 11 is 0. The van der Waals surface area contributed by atoms with Crippen molar-refractivity contribution in [3.05, 3.63) is 48.3 Å². The molecule has 0 amide bonds. The van der Waals surface area contributed by atoms with Gasteiger partial charge in [-0.15, -0.1) is 12.1 Å². The summed E-state index contributed by atoms with van der Waals surface area (Å²) in [5.41, 5.74) is 1.04. The number of halogens is 2. The van der Waals surface area contributed by atoms with Crippen LogP contribution in [0.4, 0.5) is 8.78 Å². The van der Waals surface area contributed by atoms with E-state index in [4.69, 9.17) is 0 Å². The van der Waals surface area contributed by atoms with Gasteiger partial charge in [0.1, 0.15) is 0 Å². The average molecular weight is 226 g/mol. The van der Waals surface area contributed by atoms with Crippen LogP contribution in [0.1, 0.15) is 0 Å². The maximum Gasteiger partial charge on any atom is 0.0212 e. The topological polar surface area (TPSA) is 15.8 Å². The monoisotopic (exact) mass is 226 g/mol. The number of aromatic amines is 1. The van der Waals surface area contributed by atoms with Gasteiger partial charge in [0.25, 0.3) is 0 Å². The number of hydrogen-bond acceptors (Lipinski definition) is 0. The fourth-order valence-electron chi connectivity index (χ4n) is 1.16. The van der Waals surface area contributed by atoms with Crippen LogP contribution in [0, 0.1) is 17.7 Å². The molecule has 1 N–H and O–H groups in total. The Morgan fingerprint density at radius 2 is 1.93 bits per heavy atom. The molecule has 2 rings (SSSR count). The number of rotatable bonds is 1. The van der Waals surface area contributed by atoms with E-state index in [1.165, 1.54) is 12.1 Å². The van der Waals surface area contributed by atoms with Crippen molar-refractivity contribution in [1.29, 1.82) is 0 Å². The first-order chi connectivity index (χ1) is 6.27. The van der Waals surface area contributed by atoms with E-state index in [1.54, 1.807) is 18.5 Å². The number of hydrogen-bond donors (Lipinski definition) is 1. The second-order valence-corrected chi connectivity index (χ2v) is 2.63. The minimum Gasteiger partial charge on any atom is -0.368 e. The summed E-state index contributed by atoms with van der Waals surface area (Å²) in [7, 11) is 0. The van der Waals surface area contributed by atoms with Crippen molar-refractivity contribution in [1.82, 2.24) is 4.98 Å². The third-order valence-corrected chi connectivity index (χ3v) is 1.77. The molecule has 0 bridgehead atoms. The molecule has 0 radical (unpaired) electrons. The van der Waals surface area contributed by atoms with Crippen LogP contribution in [0.3, 0.4) is 0 Å².